The van der Waals surface area contributed by atoms with Gasteiger partial charge < -0.3 is 24.4 Å². The number of carboxylic acids is 1. The maximum absolute atomic E-state index is 11.0. The molecule has 0 saturated heterocycles. The van der Waals surface area contributed by atoms with Gasteiger partial charge in [-0.2, -0.15) is 0 Å². The van der Waals surface area contributed by atoms with E-state index in [-0.39, 0.29) is 29.6 Å². The molecule has 0 unspecified atom stereocenters. The molecule has 2 aromatic rings. The Balaban J connectivity index is 0.00000180. The van der Waals surface area contributed by atoms with Crippen molar-refractivity contribution in [2.45, 2.75) is 19.4 Å². The number of hydrogen-bond donors (Lipinski definition) is 1. The molecule has 5 nitrogen and oxygen atoms in total. The monoisotopic (exact) mass is 271 g/mol. The van der Waals surface area contributed by atoms with Crippen molar-refractivity contribution in [3.05, 3.63) is 24.5 Å². The van der Waals surface area contributed by atoms with Gasteiger partial charge in [0.25, 0.3) is 0 Å². The topological polar surface area (TPSA) is 74.5 Å². The molecule has 6 heteroatoms. The van der Waals surface area contributed by atoms with E-state index in [0.29, 0.717) is 17.0 Å². The van der Waals surface area contributed by atoms with Crippen LogP contribution in [0.4, 0.5) is 5.69 Å². The molecule has 0 radical (unpaired) electrons. The van der Waals surface area contributed by atoms with Crippen molar-refractivity contribution in [1.82, 2.24) is 0 Å². The van der Waals surface area contributed by atoms with Gasteiger partial charge in [0.1, 0.15) is 17.6 Å². The van der Waals surface area contributed by atoms with E-state index >= 15 is 0 Å². The van der Waals surface area contributed by atoms with E-state index in [9.17, 15) is 9.90 Å². The molecular weight excluding hydrogens is 257 g/mol. The van der Waals surface area contributed by atoms with Gasteiger partial charge in [-0.3, -0.25) is 0 Å². The van der Waals surface area contributed by atoms with E-state index in [1.54, 1.807) is 19.2 Å². The van der Waals surface area contributed by atoms with E-state index in [0.717, 1.165) is 5.39 Å². The quantitative estimate of drug-likeness (QED) is 0.677. The second-order valence-electron chi connectivity index (χ2n) is 4.55. The smallest absolute Gasteiger partial charge is 0.548 e. The van der Waals surface area contributed by atoms with Gasteiger partial charge >= 0.3 is 29.6 Å². The maximum atomic E-state index is 11.0. The minimum absolute atomic E-state index is 0. The fraction of sp³-hybridized carbons (Fsp3) is 0.308. The van der Waals surface area contributed by atoms with Gasteiger partial charge in [-0.15, -0.1) is 0 Å². The van der Waals surface area contributed by atoms with Crippen LogP contribution in [0.15, 0.2) is 28.9 Å². The zero-order valence-electron chi connectivity index (χ0n) is 11.4. The van der Waals surface area contributed by atoms with Crippen molar-refractivity contribution in [3.63, 3.8) is 0 Å². The summed E-state index contributed by atoms with van der Waals surface area (Å²) in [5, 5.41) is 14.6. The fourth-order valence-corrected chi connectivity index (χ4v) is 1.62. The first-order valence-electron chi connectivity index (χ1n) is 5.49. The minimum atomic E-state index is -1.18. The predicted molar refractivity (Wildman–Crippen MR) is 65.5 cm³/mol. The average Bonchev–Trinajstić information content (AvgIpc) is 2.71. The molecule has 0 aliphatic heterocycles. The average molecular weight is 271 g/mol. The number of benzene rings is 1. The molecular formula is C13H14NNaO4. The Morgan fingerprint density at radius 3 is 2.68 bits per heavy atom. The summed E-state index contributed by atoms with van der Waals surface area (Å²) in [6.07, 6.45) is 1.48. The standard InChI is InChI=1S/C13H15NO4.Na/c1-13(2,12(15)16)14-10-7-18-11-6-8(17-3)4-5-9(10)11;/h4-7,14H,1-3H3,(H,15,16);/q;+1/p-1. The van der Waals surface area contributed by atoms with E-state index in [2.05, 4.69) is 5.32 Å². The van der Waals surface area contributed by atoms with Crippen LogP contribution in [0.5, 0.6) is 5.75 Å². The molecule has 0 bridgehead atoms. The van der Waals surface area contributed by atoms with Gasteiger partial charge in [-0.05, 0) is 26.0 Å². The second kappa shape index (κ2) is 5.86. The number of carboxylic acid groups (broad SMARTS) is 1. The number of ether oxygens (including phenoxy) is 1. The number of anilines is 1. The summed E-state index contributed by atoms with van der Waals surface area (Å²) < 4.78 is 10.4. The summed E-state index contributed by atoms with van der Waals surface area (Å²) in [5.41, 5.74) is 0.0735. The summed E-state index contributed by atoms with van der Waals surface area (Å²) in [5.74, 6) is -0.493. The van der Waals surface area contributed by atoms with E-state index in [1.165, 1.54) is 20.1 Å². The van der Waals surface area contributed by atoms with E-state index in [4.69, 9.17) is 9.15 Å². The third-order valence-electron chi connectivity index (χ3n) is 2.74. The van der Waals surface area contributed by atoms with Gasteiger partial charge in [0.15, 0.2) is 0 Å². The van der Waals surface area contributed by atoms with Crippen LogP contribution in [0.1, 0.15) is 13.8 Å². The third kappa shape index (κ3) is 3.23. The number of furan rings is 1. The van der Waals surface area contributed by atoms with Crippen LogP contribution in [-0.4, -0.2) is 18.6 Å². The Kier molecular flexibility index (Phi) is 4.90. The molecule has 0 amide bonds. The normalized spacial score (nSPS) is 10.9. The van der Waals surface area contributed by atoms with Crippen LogP contribution in [0.3, 0.4) is 0 Å². The summed E-state index contributed by atoms with van der Waals surface area (Å²) in [6.45, 7) is 3.06. The van der Waals surface area contributed by atoms with Gasteiger partial charge in [0, 0.05) is 11.5 Å². The number of fused-ring (bicyclic) bond motifs is 1. The van der Waals surface area contributed by atoms with E-state index in [1.807, 2.05) is 6.07 Å². The predicted octanol–water partition coefficient (Wildman–Crippen LogP) is -1.61. The minimum Gasteiger partial charge on any atom is -0.548 e. The molecule has 0 spiro atoms. The van der Waals surface area contributed by atoms with Crippen LogP contribution < -0.4 is 44.7 Å². The molecule has 19 heavy (non-hydrogen) atoms. The number of methoxy groups -OCH3 is 1. The Morgan fingerprint density at radius 2 is 2.11 bits per heavy atom. The number of carbonyl (C=O) groups is 1. The number of nitrogens with one attached hydrogen (secondary N) is 1. The molecule has 0 aliphatic carbocycles. The van der Waals surface area contributed by atoms with Crippen LogP contribution in [0, 0.1) is 0 Å². The largest absolute Gasteiger partial charge is 1.00 e. The molecule has 0 atom stereocenters. The molecule has 0 aliphatic rings. The number of hydrogen-bond acceptors (Lipinski definition) is 5. The zero-order valence-corrected chi connectivity index (χ0v) is 13.4. The molecule has 1 aromatic heterocycles. The zero-order chi connectivity index (χ0) is 13.3. The SMILES string of the molecule is COc1ccc2c(NC(C)(C)C(=O)[O-])coc2c1.[Na+]. The maximum Gasteiger partial charge on any atom is 1.00 e. The molecule has 2 rings (SSSR count). The summed E-state index contributed by atoms with van der Waals surface area (Å²) >= 11 is 0. The number of carbonyl (C=O) groups excluding carboxylic acids is 1. The Morgan fingerprint density at radius 1 is 1.42 bits per heavy atom. The van der Waals surface area contributed by atoms with Crippen molar-refractivity contribution < 1.29 is 48.6 Å². The van der Waals surface area contributed by atoms with E-state index < -0.39 is 11.5 Å². The van der Waals surface area contributed by atoms with Gasteiger partial charge in [-0.25, -0.2) is 0 Å². The third-order valence-corrected chi connectivity index (χ3v) is 2.74. The van der Waals surface area contributed by atoms with Crippen LogP contribution in [-0.2, 0) is 4.79 Å². The summed E-state index contributed by atoms with van der Waals surface area (Å²) in [6, 6.07) is 5.34. The molecule has 1 heterocycles. The van der Waals surface area contributed by atoms with Crippen LogP contribution >= 0.6 is 0 Å². The first kappa shape index (κ1) is 15.9. The second-order valence-corrected chi connectivity index (χ2v) is 4.55. The van der Waals surface area contributed by atoms with Crippen molar-refractivity contribution in [3.8, 4) is 5.75 Å². The van der Waals surface area contributed by atoms with Gasteiger partial charge in [0.2, 0.25) is 0 Å². The van der Waals surface area contributed by atoms with Crippen LogP contribution in [0.2, 0.25) is 0 Å². The van der Waals surface area contributed by atoms with Gasteiger partial charge in [-0.1, -0.05) is 0 Å². The molecule has 1 aromatic carbocycles. The Bertz CT molecular complexity index is 591. The molecule has 0 saturated carbocycles. The fourth-order valence-electron chi connectivity index (χ4n) is 1.62. The van der Waals surface area contributed by atoms with Crippen molar-refractivity contribution in [1.29, 1.82) is 0 Å². The summed E-state index contributed by atoms with van der Waals surface area (Å²) in [7, 11) is 1.57. The summed E-state index contributed by atoms with van der Waals surface area (Å²) in [4.78, 5) is 11.0. The first-order chi connectivity index (χ1) is 8.44. The molecule has 96 valence electrons. The number of aliphatic carboxylic acids is 1. The number of rotatable bonds is 4. The molecule has 0 fully saturated rings. The van der Waals surface area contributed by atoms with Crippen molar-refractivity contribution >= 4 is 22.6 Å². The van der Waals surface area contributed by atoms with Crippen molar-refractivity contribution in [2.24, 2.45) is 0 Å². The van der Waals surface area contributed by atoms with Gasteiger partial charge in [0.05, 0.1) is 24.3 Å². The van der Waals surface area contributed by atoms with Crippen LogP contribution in [0.25, 0.3) is 11.0 Å². The molecule has 1 N–H and O–H groups in total. The first-order valence-corrected chi connectivity index (χ1v) is 5.49. The Labute approximate surface area is 133 Å². The van der Waals surface area contributed by atoms with Crippen molar-refractivity contribution in [2.75, 3.05) is 12.4 Å². The Hall–Kier alpha value is -1.17.